The molecule has 6 heteroatoms. The van der Waals surface area contributed by atoms with Gasteiger partial charge in [-0.05, 0) is 30.5 Å². The first-order valence-corrected chi connectivity index (χ1v) is 7.35. The zero-order chi connectivity index (χ0) is 13.3. The van der Waals surface area contributed by atoms with E-state index in [1.807, 2.05) is 6.92 Å². The molecule has 0 bridgehead atoms. The van der Waals surface area contributed by atoms with Crippen LogP contribution in [-0.2, 0) is 16.6 Å². The Morgan fingerprint density at radius 3 is 2.67 bits per heavy atom. The largest absolute Gasteiger partial charge is 0.496 e. The molecule has 0 aliphatic heterocycles. The summed E-state index contributed by atoms with van der Waals surface area (Å²) < 4.78 is 32.0. The van der Waals surface area contributed by atoms with Crippen molar-refractivity contribution in [1.29, 1.82) is 0 Å². The van der Waals surface area contributed by atoms with Crippen molar-refractivity contribution in [2.75, 3.05) is 7.11 Å². The minimum atomic E-state index is -3.45. The second-order valence-corrected chi connectivity index (χ2v) is 6.33. The Hall–Kier alpha value is -1.11. The molecule has 18 heavy (non-hydrogen) atoms. The molecule has 0 radical (unpaired) electrons. The maximum atomic E-state index is 12.1. The number of ether oxygens (including phenoxy) is 1. The van der Waals surface area contributed by atoms with Crippen molar-refractivity contribution in [3.63, 3.8) is 0 Å². The van der Waals surface area contributed by atoms with E-state index < -0.39 is 10.0 Å². The number of nitrogens with two attached hydrogens (primary N) is 1. The quantitative estimate of drug-likeness (QED) is 0.830. The summed E-state index contributed by atoms with van der Waals surface area (Å²) in [6.07, 6.45) is 0.902. The SMILES string of the molecule is COc1ccc(S(=O)(=O)NC2CC2C)cc1CN. The van der Waals surface area contributed by atoms with Crippen molar-refractivity contribution in [3.05, 3.63) is 23.8 Å². The zero-order valence-corrected chi connectivity index (χ0v) is 11.3. The van der Waals surface area contributed by atoms with Crippen LogP contribution in [0.5, 0.6) is 5.75 Å². The van der Waals surface area contributed by atoms with E-state index in [1.165, 1.54) is 13.2 Å². The van der Waals surface area contributed by atoms with Gasteiger partial charge in [0.05, 0.1) is 12.0 Å². The monoisotopic (exact) mass is 270 g/mol. The molecule has 1 saturated carbocycles. The highest BCUT2D eigenvalue weighted by Crippen LogP contribution is 2.31. The van der Waals surface area contributed by atoms with Crippen LogP contribution in [0.1, 0.15) is 18.9 Å². The fraction of sp³-hybridized carbons (Fsp3) is 0.500. The van der Waals surface area contributed by atoms with Gasteiger partial charge in [0, 0.05) is 18.2 Å². The molecule has 0 heterocycles. The van der Waals surface area contributed by atoms with Gasteiger partial charge in [0.1, 0.15) is 5.75 Å². The molecule has 100 valence electrons. The lowest BCUT2D eigenvalue weighted by atomic mass is 10.2. The van der Waals surface area contributed by atoms with E-state index in [2.05, 4.69) is 4.72 Å². The van der Waals surface area contributed by atoms with E-state index in [1.54, 1.807) is 12.1 Å². The highest BCUT2D eigenvalue weighted by molar-refractivity contribution is 7.89. The highest BCUT2D eigenvalue weighted by atomic mass is 32.2. The van der Waals surface area contributed by atoms with E-state index in [0.717, 1.165) is 6.42 Å². The molecule has 1 fully saturated rings. The predicted molar refractivity (Wildman–Crippen MR) is 68.8 cm³/mol. The molecule has 1 aromatic rings. The molecule has 2 rings (SSSR count). The molecule has 0 spiro atoms. The van der Waals surface area contributed by atoms with Crippen LogP contribution in [0, 0.1) is 5.92 Å². The summed E-state index contributed by atoms with van der Waals surface area (Å²) in [5.74, 6) is 1.03. The van der Waals surface area contributed by atoms with Crippen LogP contribution < -0.4 is 15.2 Å². The minimum absolute atomic E-state index is 0.0680. The number of hydrogen-bond acceptors (Lipinski definition) is 4. The summed E-state index contributed by atoms with van der Waals surface area (Å²) in [6.45, 7) is 2.26. The van der Waals surface area contributed by atoms with Crippen molar-refractivity contribution in [2.45, 2.75) is 30.8 Å². The van der Waals surface area contributed by atoms with Gasteiger partial charge in [-0.15, -0.1) is 0 Å². The molecule has 0 amide bonds. The van der Waals surface area contributed by atoms with Crippen LogP contribution >= 0.6 is 0 Å². The molecule has 0 aromatic heterocycles. The molecule has 2 atom stereocenters. The summed E-state index contributed by atoms with van der Waals surface area (Å²) in [7, 11) is -1.91. The van der Waals surface area contributed by atoms with E-state index in [0.29, 0.717) is 17.2 Å². The molecule has 2 unspecified atom stereocenters. The van der Waals surface area contributed by atoms with Gasteiger partial charge in [0.2, 0.25) is 10.0 Å². The molecular weight excluding hydrogens is 252 g/mol. The van der Waals surface area contributed by atoms with E-state index in [-0.39, 0.29) is 17.5 Å². The molecular formula is C12H18N2O3S. The fourth-order valence-corrected chi connectivity index (χ4v) is 3.24. The number of benzene rings is 1. The van der Waals surface area contributed by atoms with E-state index in [4.69, 9.17) is 10.5 Å². The summed E-state index contributed by atoms with van der Waals surface area (Å²) in [5.41, 5.74) is 6.26. The second kappa shape index (κ2) is 4.87. The topological polar surface area (TPSA) is 81.4 Å². The first kappa shape index (κ1) is 13.3. The maximum Gasteiger partial charge on any atom is 0.240 e. The number of sulfonamides is 1. The average Bonchev–Trinajstić information content (AvgIpc) is 3.02. The Morgan fingerprint density at radius 2 is 2.17 bits per heavy atom. The number of nitrogens with one attached hydrogen (secondary N) is 1. The Labute approximate surface area is 107 Å². The van der Waals surface area contributed by atoms with Gasteiger partial charge in [-0.1, -0.05) is 6.92 Å². The van der Waals surface area contributed by atoms with Crippen molar-refractivity contribution < 1.29 is 13.2 Å². The number of rotatable bonds is 5. The molecule has 1 aliphatic carbocycles. The van der Waals surface area contributed by atoms with Crippen LogP contribution in [-0.4, -0.2) is 21.6 Å². The van der Waals surface area contributed by atoms with Crippen LogP contribution in [0.2, 0.25) is 0 Å². The highest BCUT2D eigenvalue weighted by Gasteiger charge is 2.36. The minimum Gasteiger partial charge on any atom is -0.496 e. The van der Waals surface area contributed by atoms with Gasteiger partial charge in [-0.3, -0.25) is 0 Å². The van der Waals surface area contributed by atoms with Gasteiger partial charge in [0.15, 0.2) is 0 Å². The third-order valence-corrected chi connectivity index (χ3v) is 4.69. The fourth-order valence-electron chi connectivity index (χ4n) is 1.84. The van der Waals surface area contributed by atoms with E-state index >= 15 is 0 Å². The summed E-state index contributed by atoms with van der Waals surface area (Å²) >= 11 is 0. The third kappa shape index (κ3) is 2.66. The Bertz CT molecular complexity index is 542. The smallest absolute Gasteiger partial charge is 0.240 e. The van der Waals surface area contributed by atoms with Crippen molar-refractivity contribution in [2.24, 2.45) is 11.7 Å². The Balaban J connectivity index is 2.27. The standard InChI is InChI=1S/C12H18N2O3S/c1-8-5-11(8)14-18(15,16)10-3-4-12(17-2)9(6-10)7-13/h3-4,6,8,11,14H,5,7,13H2,1-2H3. The molecule has 3 N–H and O–H groups in total. The molecule has 5 nitrogen and oxygen atoms in total. The average molecular weight is 270 g/mol. The molecule has 1 aliphatic rings. The lowest BCUT2D eigenvalue weighted by Gasteiger charge is -2.10. The Kier molecular flexibility index (Phi) is 3.61. The second-order valence-electron chi connectivity index (χ2n) is 4.62. The summed E-state index contributed by atoms with van der Waals surface area (Å²) in [5, 5.41) is 0. The summed E-state index contributed by atoms with van der Waals surface area (Å²) in [6, 6.07) is 4.80. The zero-order valence-electron chi connectivity index (χ0n) is 10.5. The molecule has 1 aromatic carbocycles. The summed E-state index contributed by atoms with van der Waals surface area (Å²) in [4.78, 5) is 0.239. The van der Waals surface area contributed by atoms with Crippen LogP contribution in [0.25, 0.3) is 0 Å². The normalized spacial score (nSPS) is 22.8. The van der Waals surface area contributed by atoms with Gasteiger partial charge >= 0.3 is 0 Å². The van der Waals surface area contributed by atoms with Gasteiger partial charge < -0.3 is 10.5 Å². The van der Waals surface area contributed by atoms with Crippen molar-refractivity contribution in [3.8, 4) is 5.75 Å². The van der Waals surface area contributed by atoms with Gasteiger partial charge in [-0.25, -0.2) is 13.1 Å². The van der Waals surface area contributed by atoms with Gasteiger partial charge in [-0.2, -0.15) is 0 Å². The van der Waals surface area contributed by atoms with Crippen molar-refractivity contribution >= 4 is 10.0 Å². The van der Waals surface area contributed by atoms with Crippen LogP contribution in [0.4, 0.5) is 0 Å². The van der Waals surface area contributed by atoms with Crippen LogP contribution in [0.3, 0.4) is 0 Å². The Morgan fingerprint density at radius 1 is 1.50 bits per heavy atom. The number of hydrogen-bond donors (Lipinski definition) is 2. The maximum absolute atomic E-state index is 12.1. The predicted octanol–water partition coefficient (Wildman–Crippen LogP) is 0.841. The number of methoxy groups -OCH3 is 1. The molecule has 0 saturated heterocycles. The van der Waals surface area contributed by atoms with Crippen LogP contribution in [0.15, 0.2) is 23.1 Å². The first-order chi connectivity index (χ1) is 8.47. The van der Waals surface area contributed by atoms with Crippen molar-refractivity contribution in [1.82, 2.24) is 4.72 Å². The lowest BCUT2D eigenvalue weighted by molar-refractivity contribution is 0.409. The van der Waals surface area contributed by atoms with Gasteiger partial charge in [0.25, 0.3) is 0 Å². The third-order valence-electron chi connectivity index (χ3n) is 3.20. The lowest BCUT2D eigenvalue weighted by Crippen LogP contribution is -2.27. The first-order valence-electron chi connectivity index (χ1n) is 5.87. The van der Waals surface area contributed by atoms with E-state index in [9.17, 15) is 8.42 Å².